The van der Waals surface area contributed by atoms with Crippen LogP contribution in [-0.2, 0) is 4.74 Å². The van der Waals surface area contributed by atoms with Crippen molar-refractivity contribution in [2.45, 2.75) is 6.04 Å². The van der Waals surface area contributed by atoms with Crippen LogP contribution >= 0.6 is 0 Å². The number of aromatic nitrogens is 1. The standard InChI is InChI=1S/C14H12N2O/c1-2-4-11(5-3-1)13-10-17-14(16-13)12-6-8-15-9-7-12/h1-9,13H,10H2/t13-/m0/s1. The molecular formula is C14H12N2O. The van der Waals surface area contributed by atoms with Crippen molar-refractivity contribution in [3.63, 3.8) is 0 Å². The van der Waals surface area contributed by atoms with Gasteiger partial charge < -0.3 is 4.74 Å². The molecule has 0 bridgehead atoms. The highest BCUT2D eigenvalue weighted by molar-refractivity contribution is 5.95. The van der Waals surface area contributed by atoms with Crippen molar-refractivity contribution in [3.8, 4) is 0 Å². The minimum absolute atomic E-state index is 0.111. The molecule has 0 radical (unpaired) electrons. The van der Waals surface area contributed by atoms with Crippen LogP contribution in [0.5, 0.6) is 0 Å². The highest BCUT2D eigenvalue weighted by atomic mass is 16.5. The fourth-order valence-corrected chi connectivity index (χ4v) is 1.87. The third-order valence-corrected chi connectivity index (χ3v) is 2.76. The largest absolute Gasteiger partial charge is 0.475 e. The van der Waals surface area contributed by atoms with Gasteiger partial charge in [-0.15, -0.1) is 0 Å². The minimum Gasteiger partial charge on any atom is -0.475 e. The molecule has 2 heterocycles. The molecule has 0 saturated carbocycles. The van der Waals surface area contributed by atoms with E-state index in [0.717, 1.165) is 5.56 Å². The molecule has 0 saturated heterocycles. The molecular weight excluding hydrogens is 212 g/mol. The lowest BCUT2D eigenvalue weighted by atomic mass is 10.1. The van der Waals surface area contributed by atoms with Gasteiger partial charge in [0.2, 0.25) is 5.90 Å². The molecule has 3 rings (SSSR count). The zero-order valence-corrected chi connectivity index (χ0v) is 9.28. The van der Waals surface area contributed by atoms with E-state index < -0.39 is 0 Å². The van der Waals surface area contributed by atoms with Gasteiger partial charge in [-0.05, 0) is 17.7 Å². The Hall–Kier alpha value is -2.16. The quantitative estimate of drug-likeness (QED) is 0.785. The average molecular weight is 224 g/mol. The van der Waals surface area contributed by atoms with Crippen LogP contribution in [0.15, 0.2) is 59.9 Å². The summed E-state index contributed by atoms with van der Waals surface area (Å²) < 4.78 is 5.63. The van der Waals surface area contributed by atoms with Gasteiger partial charge in [0.15, 0.2) is 0 Å². The average Bonchev–Trinajstić information content (AvgIpc) is 2.90. The van der Waals surface area contributed by atoms with Crippen molar-refractivity contribution >= 4 is 5.90 Å². The second-order valence-corrected chi connectivity index (χ2v) is 3.91. The van der Waals surface area contributed by atoms with Crippen LogP contribution in [0.25, 0.3) is 0 Å². The van der Waals surface area contributed by atoms with Crippen LogP contribution in [0, 0.1) is 0 Å². The molecule has 0 amide bonds. The lowest BCUT2D eigenvalue weighted by Crippen LogP contribution is -2.01. The first-order chi connectivity index (χ1) is 8.43. The van der Waals surface area contributed by atoms with Gasteiger partial charge in [0.1, 0.15) is 12.6 Å². The van der Waals surface area contributed by atoms with E-state index in [2.05, 4.69) is 22.1 Å². The Kier molecular flexibility index (Phi) is 2.58. The molecule has 0 aliphatic carbocycles. The molecule has 1 aliphatic rings. The van der Waals surface area contributed by atoms with Gasteiger partial charge >= 0.3 is 0 Å². The van der Waals surface area contributed by atoms with Crippen LogP contribution in [0.1, 0.15) is 17.2 Å². The molecule has 84 valence electrons. The molecule has 1 aromatic carbocycles. The van der Waals surface area contributed by atoms with E-state index >= 15 is 0 Å². The Bertz CT molecular complexity index is 522. The number of rotatable bonds is 2. The minimum atomic E-state index is 0.111. The van der Waals surface area contributed by atoms with Crippen molar-refractivity contribution in [1.29, 1.82) is 0 Å². The molecule has 1 atom stereocenters. The summed E-state index contributed by atoms with van der Waals surface area (Å²) in [5.74, 6) is 0.709. The summed E-state index contributed by atoms with van der Waals surface area (Å²) in [5, 5.41) is 0. The summed E-state index contributed by atoms with van der Waals surface area (Å²) in [5.41, 5.74) is 2.18. The molecule has 2 aromatic rings. The Labute approximate surface area is 99.8 Å². The van der Waals surface area contributed by atoms with Crippen molar-refractivity contribution in [2.24, 2.45) is 4.99 Å². The van der Waals surface area contributed by atoms with Crippen molar-refractivity contribution in [3.05, 3.63) is 66.0 Å². The highest BCUT2D eigenvalue weighted by Gasteiger charge is 2.21. The molecule has 3 nitrogen and oxygen atoms in total. The smallest absolute Gasteiger partial charge is 0.217 e. The van der Waals surface area contributed by atoms with Crippen LogP contribution in [0.3, 0.4) is 0 Å². The van der Waals surface area contributed by atoms with Gasteiger partial charge in [-0.2, -0.15) is 0 Å². The Balaban J connectivity index is 1.87. The van der Waals surface area contributed by atoms with Gasteiger partial charge in [0, 0.05) is 18.0 Å². The normalized spacial score (nSPS) is 18.6. The summed E-state index contributed by atoms with van der Waals surface area (Å²) in [4.78, 5) is 8.58. The Morgan fingerprint density at radius 2 is 1.76 bits per heavy atom. The van der Waals surface area contributed by atoms with E-state index in [0.29, 0.717) is 12.5 Å². The molecule has 0 spiro atoms. The molecule has 17 heavy (non-hydrogen) atoms. The zero-order chi connectivity index (χ0) is 11.5. The topological polar surface area (TPSA) is 34.5 Å². The number of hydrogen-bond donors (Lipinski definition) is 0. The third-order valence-electron chi connectivity index (χ3n) is 2.76. The highest BCUT2D eigenvalue weighted by Crippen LogP contribution is 2.24. The second kappa shape index (κ2) is 4.37. The zero-order valence-electron chi connectivity index (χ0n) is 9.28. The second-order valence-electron chi connectivity index (χ2n) is 3.91. The molecule has 1 aliphatic heterocycles. The summed E-state index contributed by atoms with van der Waals surface area (Å²) in [6, 6.07) is 14.1. The van der Waals surface area contributed by atoms with Gasteiger partial charge in [-0.3, -0.25) is 4.98 Å². The van der Waals surface area contributed by atoms with Crippen molar-refractivity contribution in [2.75, 3.05) is 6.61 Å². The first-order valence-corrected chi connectivity index (χ1v) is 5.59. The number of aliphatic imine (C=N–C) groups is 1. The van der Waals surface area contributed by atoms with Gasteiger partial charge in [0.25, 0.3) is 0 Å². The van der Waals surface area contributed by atoms with Crippen molar-refractivity contribution in [1.82, 2.24) is 4.98 Å². The predicted molar refractivity (Wildman–Crippen MR) is 65.9 cm³/mol. The fourth-order valence-electron chi connectivity index (χ4n) is 1.87. The van der Waals surface area contributed by atoms with E-state index in [-0.39, 0.29) is 6.04 Å². The summed E-state index contributed by atoms with van der Waals surface area (Å²) >= 11 is 0. The van der Waals surface area contributed by atoms with Crippen molar-refractivity contribution < 1.29 is 4.74 Å². The van der Waals surface area contributed by atoms with Crippen LogP contribution in [0.2, 0.25) is 0 Å². The molecule has 0 N–H and O–H groups in total. The van der Waals surface area contributed by atoms with E-state index in [1.165, 1.54) is 5.56 Å². The maximum Gasteiger partial charge on any atom is 0.217 e. The van der Waals surface area contributed by atoms with Crippen LogP contribution in [0.4, 0.5) is 0 Å². The monoisotopic (exact) mass is 224 g/mol. The molecule has 3 heteroatoms. The molecule has 0 fully saturated rings. The first kappa shape index (κ1) is 10.0. The van der Waals surface area contributed by atoms with E-state index in [1.54, 1.807) is 12.4 Å². The SMILES string of the molecule is c1ccc([C@@H]2COC(c3ccncc3)=N2)cc1. The van der Waals surface area contributed by atoms with Crippen LogP contribution < -0.4 is 0 Å². The first-order valence-electron chi connectivity index (χ1n) is 5.59. The lowest BCUT2D eigenvalue weighted by Gasteiger charge is -2.03. The lowest BCUT2D eigenvalue weighted by molar-refractivity contribution is 0.320. The number of pyridine rings is 1. The summed E-state index contributed by atoms with van der Waals surface area (Å²) in [6.07, 6.45) is 3.49. The summed E-state index contributed by atoms with van der Waals surface area (Å²) in [7, 11) is 0. The Morgan fingerprint density at radius 3 is 2.53 bits per heavy atom. The molecule has 1 aromatic heterocycles. The maximum atomic E-state index is 5.63. The number of nitrogens with zero attached hydrogens (tertiary/aromatic N) is 2. The maximum absolute atomic E-state index is 5.63. The summed E-state index contributed by atoms with van der Waals surface area (Å²) in [6.45, 7) is 0.613. The van der Waals surface area contributed by atoms with E-state index in [1.807, 2.05) is 30.3 Å². The number of benzene rings is 1. The Morgan fingerprint density at radius 1 is 1.00 bits per heavy atom. The van der Waals surface area contributed by atoms with Gasteiger partial charge in [0.05, 0.1) is 0 Å². The van der Waals surface area contributed by atoms with Gasteiger partial charge in [-0.1, -0.05) is 30.3 Å². The molecule has 0 unspecified atom stereocenters. The van der Waals surface area contributed by atoms with Crippen LogP contribution in [-0.4, -0.2) is 17.5 Å². The number of ether oxygens (including phenoxy) is 1. The van der Waals surface area contributed by atoms with E-state index in [4.69, 9.17) is 4.74 Å². The fraction of sp³-hybridized carbons (Fsp3) is 0.143. The number of hydrogen-bond acceptors (Lipinski definition) is 3. The predicted octanol–water partition coefficient (Wildman–Crippen LogP) is 2.60. The third kappa shape index (κ3) is 2.04. The van der Waals surface area contributed by atoms with Gasteiger partial charge in [-0.25, -0.2) is 4.99 Å². The van der Waals surface area contributed by atoms with E-state index in [9.17, 15) is 0 Å².